The third-order valence-electron chi connectivity index (χ3n) is 3.46. The summed E-state index contributed by atoms with van der Waals surface area (Å²) in [7, 11) is 0. The van der Waals surface area contributed by atoms with Crippen molar-refractivity contribution < 1.29 is 5.11 Å². The van der Waals surface area contributed by atoms with Gasteiger partial charge in [0, 0.05) is 27.4 Å². The molecule has 0 aromatic heterocycles. The molecule has 2 rings (SSSR count). The van der Waals surface area contributed by atoms with Crippen molar-refractivity contribution in [2.24, 2.45) is 5.73 Å². The predicted octanol–water partition coefficient (Wildman–Crippen LogP) is 4.49. The first-order chi connectivity index (χ1) is 10.1. The van der Waals surface area contributed by atoms with Crippen molar-refractivity contribution >= 4 is 35.0 Å². The van der Waals surface area contributed by atoms with Crippen molar-refractivity contribution in [1.82, 2.24) is 0 Å². The summed E-state index contributed by atoms with van der Waals surface area (Å²) >= 11 is 14.1. The SMILES string of the molecule is CSc1ccccc1C(O)C(CN)c1c(Cl)cccc1Cl. The van der Waals surface area contributed by atoms with Crippen LogP contribution in [0.3, 0.4) is 0 Å². The number of hydrogen-bond acceptors (Lipinski definition) is 3. The second-order valence-electron chi connectivity index (χ2n) is 4.66. The van der Waals surface area contributed by atoms with Gasteiger partial charge in [-0.05, 0) is 35.6 Å². The molecule has 0 spiro atoms. The van der Waals surface area contributed by atoms with Crippen LogP contribution in [-0.2, 0) is 0 Å². The lowest BCUT2D eigenvalue weighted by atomic mass is 9.89. The fourth-order valence-corrected chi connectivity index (χ4v) is 3.71. The molecule has 0 aliphatic carbocycles. The number of hydrogen-bond donors (Lipinski definition) is 2. The number of nitrogens with two attached hydrogens (primary N) is 1. The molecule has 21 heavy (non-hydrogen) atoms. The van der Waals surface area contributed by atoms with Gasteiger partial charge in [0.2, 0.25) is 0 Å². The van der Waals surface area contributed by atoms with E-state index < -0.39 is 6.10 Å². The zero-order valence-corrected chi connectivity index (χ0v) is 13.9. The quantitative estimate of drug-likeness (QED) is 0.787. The Kier molecular flexibility index (Phi) is 5.97. The number of thioether (sulfide) groups is 1. The molecular formula is C16H17Cl2NOS. The van der Waals surface area contributed by atoms with Crippen LogP contribution in [-0.4, -0.2) is 17.9 Å². The smallest absolute Gasteiger partial charge is 0.0882 e. The lowest BCUT2D eigenvalue weighted by Gasteiger charge is -2.25. The van der Waals surface area contributed by atoms with Gasteiger partial charge in [-0.1, -0.05) is 47.5 Å². The second-order valence-corrected chi connectivity index (χ2v) is 6.33. The van der Waals surface area contributed by atoms with Crippen molar-refractivity contribution in [3.05, 3.63) is 63.6 Å². The first-order valence-corrected chi connectivity index (χ1v) is 8.53. The Hall–Kier alpha value is -0.710. The highest BCUT2D eigenvalue weighted by molar-refractivity contribution is 7.98. The lowest BCUT2D eigenvalue weighted by Crippen LogP contribution is -2.21. The van der Waals surface area contributed by atoms with Crippen molar-refractivity contribution in [2.75, 3.05) is 12.8 Å². The zero-order chi connectivity index (χ0) is 15.4. The Balaban J connectivity index is 2.46. The molecule has 112 valence electrons. The molecule has 0 aliphatic rings. The van der Waals surface area contributed by atoms with Gasteiger partial charge < -0.3 is 10.8 Å². The molecule has 0 aliphatic heterocycles. The first-order valence-electron chi connectivity index (χ1n) is 6.55. The van der Waals surface area contributed by atoms with E-state index in [4.69, 9.17) is 28.9 Å². The number of rotatable bonds is 5. The maximum absolute atomic E-state index is 10.8. The van der Waals surface area contributed by atoms with Crippen LogP contribution < -0.4 is 5.73 Å². The minimum absolute atomic E-state index is 0.257. The van der Waals surface area contributed by atoms with Crippen LogP contribution in [0, 0.1) is 0 Å². The molecular weight excluding hydrogens is 325 g/mol. The van der Waals surface area contributed by atoms with Gasteiger partial charge in [-0.25, -0.2) is 0 Å². The summed E-state index contributed by atoms with van der Waals surface area (Å²) in [5, 5.41) is 11.8. The summed E-state index contributed by atoms with van der Waals surface area (Å²) in [5.41, 5.74) is 7.43. The molecule has 2 atom stereocenters. The number of benzene rings is 2. The molecule has 2 aromatic carbocycles. The van der Waals surface area contributed by atoms with E-state index in [1.807, 2.05) is 30.5 Å². The van der Waals surface area contributed by atoms with Crippen LogP contribution in [0.2, 0.25) is 10.0 Å². The molecule has 3 N–H and O–H groups in total. The summed E-state index contributed by atoms with van der Waals surface area (Å²) < 4.78 is 0. The standard InChI is InChI=1S/C16H17Cl2NOS/c1-21-14-8-3-2-5-10(14)16(20)11(9-19)15-12(17)6-4-7-13(15)18/h2-8,11,16,20H,9,19H2,1H3. The van der Waals surface area contributed by atoms with Gasteiger partial charge in [0.15, 0.2) is 0 Å². The third kappa shape index (κ3) is 3.55. The van der Waals surface area contributed by atoms with E-state index >= 15 is 0 Å². The monoisotopic (exact) mass is 341 g/mol. The Morgan fingerprint density at radius 2 is 1.71 bits per heavy atom. The highest BCUT2D eigenvalue weighted by Crippen LogP contribution is 2.40. The predicted molar refractivity (Wildman–Crippen MR) is 91.4 cm³/mol. The second kappa shape index (κ2) is 7.52. The van der Waals surface area contributed by atoms with Crippen molar-refractivity contribution in [3.63, 3.8) is 0 Å². The van der Waals surface area contributed by atoms with E-state index in [2.05, 4.69) is 0 Å². The molecule has 2 nitrogen and oxygen atoms in total. The molecule has 2 unspecified atom stereocenters. The number of aliphatic hydroxyl groups is 1. The summed E-state index contributed by atoms with van der Waals surface area (Å²) in [6, 6.07) is 13.0. The van der Waals surface area contributed by atoms with E-state index in [0.717, 1.165) is 10.5 Å². The Bertz CT molecular complexity index is 601. The maximum atomic E-state index is 10.8. The highest BCUT2D eigenvalue weighted by atomic mass is 35.5. The fourth-order valence-electron chi connectivity index (χ4n) is 2.40. The molecule has 0 amide bonds. The van der Waals surface area contributed by atoms with E-state index in [0.29, 0.717) is 15.6 Å². The molecule has 0 radical (unpaired) electrons. The van der Waals surface area contributed by atoms with Crippen LogP contribution in [0.25, 0.3) is 0 Å². The van der Waals surface area contributed by atoms with Gasteiger partial charge in [0.05, 0.1) is 6.10 Å². The van der Waals surface area contributed by atoms with Gasteiger partial charge >= 0.3 is 0 Å². The van der Waals surface area contributed by atoms with Crippen molar-refractivity contribution in [1.29, 1.82) is 0 Å². The average molecular weight is 342 g/mol. The molecule has 0 heterocycles. The van der Waals surface area contributed by atoms with Crippen LogP contribution in [0.5, 0.6) is 0 Å². The first kappa shape index (κ1) is 16.7. The zero-order valence-electron chi connectivity index (χ0n) is 11.6. The Morgan fingerprint density at radius 1 is 1.10 bits per heavy atom. The Labute approximate surface area is 139 Å². The van der Waals surface area contributed by atoms with Crippen LogP contribution >= 0.6 is 35.0 Å². The summed E-state index contributed by atoms with van der Waals surface area (Å²) in [6.07, 6.45) is 1.22. The minimum Gasteiger partial charge on any atom is -0.388 e. The van der Waals surface area contributed by atoms with E-state index in [9.17, 15) is 5.11 Å². The van der Waals surface area contributed by atoms with Gasteiger partial charge in [-0.2, -0.15) is 0 Å². The van der Waals surface area contributed by atoms with Crippen LogP contribution in [0.1, 0.15) is 23.1 Å². The molecule has 5 heteroatoms. The fraction of sp³-hybridized carbons (Fsp3) is 0.250. The minimum atomic E-state index is -0.754. The van der Waals surface area contributed by atoms with E-state index in [-0.39, 0.29) is 12.5 Å². The lowest BCUT2D eigenvalue weighted by molar-refractivity contribution is 0.145. The van der Waals surface area contributed by atoms with E-state index in [1.54, 1.807) is 30.0 Å². The average Bonchev–Trinajstić information content (AvgIpc) is 2.50. The van der Waals surface area contributed by atoms with E-state index in [1.165, 1.54) is 0 Å². The molecule has 0 bridgehead atoms. The van der Waals surface area contributed by atoms with Crippen LogP contribution in [0.15, 0.2) is 47.4 Å². The summed E-state index contributed by atoms with van der Waals surface area (Å²) in [6.45, 7) is 0.257. The number of aliphatic hydroxyl groups excluding tert-OH is 1. The molecule has 2 aromatic rings. The topological polar surface area (TPSA) is 46.2 Å². The van der Waals surface area contributed by atoms with Gasteiger partial charge in [0.1, 0.15) is 0 Å². The normalized spacial score (nSPS) is 14.0. The largest absolute Gasteiger partial charge is 0.388 e. The van der Waals surface area contributed by atoms with Crippen LogP contribution in [0.4, 0.5) is 0 Å². The molecule has 0 saturated carbocycles. The number of halogens is 2. The van der Waals surface area contributed by atoms with Crippen molar-refractivity contribution in [3.8, 4) is 0 Å². The summed E-state index contributed by atoms with van der Waals surface area (Å²) in [5.74, 6) is -0.348. The summed E-state index contributed by atoms with van der Waals surface area (Å²) in [4.78, 5) is 1.02. The van der Waals surface area contributed by atoms with Gasteiger partial charge in [0.25, 0.3) is 0 Å². The molecule has 0 saturated heterocycles. The van der Waals surface area contributed by atoms with Gasteiger partial charge in [-0.3, -0.25) is 0 Å². The molecule has 0 fully saturated rings. The highest BCUT2D eigenvalue weighted by Gasteiger charge is 2.27. The third-order valence-corrected chi connectivity index (χ3v) is 4.93. The Morgan fingerprint density at radius 3 is 2.29 bits per heavy atom. The maximum Gasteiger partial charge on any atom is 0.0882 e. The van der Waals surface area contributed by atoms with Gasteiger partial charge in [-0.15, -0.1) is 11.8 Å². The van der Waals surface area contributed by atoms with Crippen molar-refractivity contribution in [2.45, 2.75) is 16.9 Å².